The molecule has 1 aromatic rings. The molecule has 0 atom stereocenters. The van der Waals surface area contributed by atoms with Crippen LogP contribution in [0.5, 0.6) is 0 Å². The van der Waals surface area contributed by atoms with E-state index in [0.29, 0.717) is 0 Å². The number of halogens is 1. The molecule has 0 aliphatic heterocycles. The van der Waals surface area contributed by atoms with Crippen molar-refractivity contribution in [3.8, 4) is 0 Å². The zero-order chi connectivity index (χ0) is 15.7. The summed E-state index contributed by atoms with van der Waals surface area (Å²) in [4.78, 5) is 9.87. The maximum Gasteiger partial charge on any atom is 0.337 e. The third kappa shape index (κ3) is 3.31. The van der Waals surface area contributed by atoms with Crippen LogP contribution in [0.2, 0.25) is 5.02 Å². The fraction of sp³-hybridized carbons (Fsp3) is 0.364. The van der Waals surface area contributed by atoms with Gasteiger partial charge in [0, 0.05) is 6.26 Å². The number of aromatic carboxylic acids is 1. The molecule has 0 aromatic heterocycles. The Morgan fingerprint density at radius 3 is 2.20 bits per heavy atom. The number of hydrogen-bond donors (Lipinski definition) is 1. The van der Waals surface area contributed by atoms with E-state index in [2.05, 4.69) is 0 Å². The number of sulfone groups is 2. The Kier molecular flexibility index (Phi) is 4.83. The lowest BCUT2D eigenvalue weighted by atomic mass is 10.2. The fourth-order valence-electron chi connectivity index (χ4n) is 1.66. The molecule has 1 aromatic carbocycles. The minimum Gasteiger partial charge on any atom is -0.478 e. The van der Waals surface area contributed by atoms with Gasteiger partial charge in [-0.25, -0.2) is 21.6 Å². The van der Waals surface area contributed by atoms with Crippen molar-refractivity contribution in [2.75, 3.05) is 12.0 Å². The number of carboxylic acids is 1. The van der Waals surface area contributed by atoms with Crippen LogP contribution in [-0.2, 0) is 19.7 Å². The van der Waals surface area contributed by atoms with Gasteiger partial charge in [-0.2, -0.15) is 0 Å². The lowest BCUT2D eigenvalue weighted by Crippen LogP contribution is -2.14. The van der Waals surface area contributed by atoms with Crippen LogP contribution in [0, 0.1) is 0 Å². The molecular weight excluding hydrogens is 328 g/mol. The van der Waals surface area contributed by atoms with Crippen molar-refractivity contribution in [2.45, 2.75) is 23.1 Å². The second kappa shape index (κ2) is 5.71. The molecule has 1 rings (SSSR count). The van der Waals surface area contributed by atoms with Crippen LogP contribution in [0.15, 0.2) is 21.9 Å². The summed E-state index contributed by atoms with van der Waals surface area (Å²) in [6.45, 7) is 1.60. The zero-order valence-corrected chi connectivity index (χ0v) is 13.1. The average molecular weight is 341 g/mol. The first-order chi connectivity index (χ1) is 9.02. The Morgan fingerprint density at radius 1 is 1.25 bits per heavy atom. The molecule has 0 amide bonds. The normalized spacial score (nSPS) is 12.3. The molecule has 20 heavy (non-hydrogen) atoms. The summed E-state index contributed by atoms with van der Waals surface area (Å²) < 4.78 is 47.6. The first kappa shape index (κ1) is 16.9. The number of hydrogen-bond acceptors (Lipinski definition) is 5. The highest BCUT2D eigenvalue weighted by Gasteiger charge is 2.29. The van der Waals surface area contributed by atoms with E-state index in [1.165, 1.54) is 0 Å². The van der Waals surface area contributed by atoms with Gasteiger partial charge in [0.05, 0.1) is 21.2 Å². The van der Waals surface area contributed by atoms with Crippen LogP contribution < -0.4 is 0 Å². The second-order valence-corrected chi connectivity index (χ2v) is 8.56. The highest BCUT2D eigenvalue weighted by atomic mass is 35.5. The maximum atomic E-state index is 12.2. The molecule has 0 saturated heterocycles. The zero-order valence-electron chi connectivity index (χ0n) is 10.8. The van der Waals surface area contributed by atoms with E-state index in [4.69, 9.17) is 16.7 Å². The predicted octanol–water partition coefficient (Wildman–Crippen LogP) is 1.63. The molecule has 0 unspecified atom stereocenters. The number of rotatable bonds is 5. The molecule has 0 aliphatic carbocycles. The molecule has 0 radical (unpaired) electrons. The van der Waals surface area contributed by atoms with Crippen molar-refractivity contribution < 1.29 is 26.7 Å². The molecule has 0 fully saturated rings. The highest BCUT2D eigenvalue weighted by molar-refractivity contribution is 7.94. The van der Waals surface area contributed by atoms with Crippen LogP contribution >= 0.6 is 11.6 Å². The van der Waals surface area contributed by atoms with Gasteiger partial charge >= 0.3 is 5.97 Å². The summed E-state index contributed by atoms with van der Waals surface area (Å²) >= 11 is 5.81. The Balaban J connectivity index is 3.85. The summed E-state index contributed by atoms with van der Waals surface area (Å²) in [5, 5.41) is 8.38. The Bertz CT molecular complexity index is 749. The van der Waals surface area contributed by atoms with E-state index in [9.17, 15) is 21.6 Å². The molecule has 1 N–H and O–H groups in total. The number of benzene rings is 1. The standard InChI is InChI=1S/C11H13ClO6S2/c1-3-6-20(17,18)10-8(19(2,15)16)5-4-7(9(10)12)11(13)14/h4-5H,3,6H2,1-2H3,(H,13,14). The number of carbonyl (C=O) groups is 1. The van der Waals surface area contributed by atoms with Gasteiger partial charge in [0.2, 0.25) is 0 Å². The van der Waals surface area contributed by atoms with Crippen LogP contribution in [0.4, 0.5) is 0 Å². The molecule has 0 heterocycles. The molecule has 0 aliphatic rings. The van der Waals surface area contributed by atoms with Crippen LogP contribution in [0.3, 0.4) is 0 Å². The second-order valence-electron chi connectivity index (χ2n) is 4.15. The molecule has 0 saturated carbocycles. The third-order valence-electron chi connectivity index (χ3n) is 2.47. The Hall–Kier alpha value is -1.12. The van der Waals surface area contributed by atoms with Gasteiger partial charge in [0.25, 0.3) is 0 Å². The van der Waals surface area contributed by atoms with Gasteiger partial charge in [-0.15, -0.1) is 0 Å². The van der Waals surface area contributed by atoms with E-state index in [1.807, 2.05) is 0 Å². The summed E-state index contributed by atoms with van der Waals surface area (Å²) in [5.41, 5.74) is -0.450. The van der Waals surface area contributed by atoms with Gasteiger partial charge in [0.15, 0.2) is 19.7 Å². The lowest BCUT2D eigenvalue weighted by molar-refractivity contribution is 0.0696. The van der Waals surface area contributed by atoms with Crippen molar-refractivity contribution in [2.24, 2.45) is 0 Å². The van der Waals surface area contributed by atoms with Gasteiger partial charge in [0.1, 0.15) is 4.90 Å². The Morgan fingerprint density at radius 2 is 1.80 bits per heavy atom. The van der Waals surface area contributed by atoms with Crippen LogP contribution in [-0.4, -0.2) is 39.9 Å². The smallest absolute Gasteiger partial charge is 0.337 e. The minimum absolute atomic E-state index is 0.249. The van der Waals surface area contributed by atoms with Crippen molar-refractivity contribution in [1.82, 2.24) is 0 Å². The van der Waals surface area contributed by atoms with Crippen molar-refractivity contribution in [3.63, 3.8) is 0 Å². The first-order valence-corrected chi connectivity index (χ1v) is 9.43. The van der Waals surface area contributed by atoms with Crippen molar-refractivity contribution >= 4 is 37.2 Å². The molecule has 9 heteroatoms. The molecule has 6 nitrogen and oxygen atoms in total. The largest absolute Gasteiger partial charge is 0.478 e. The molecular formula is C11H13ClO6S2. The average Bonchev–Trinajstić information content (AvgIpc) is 2.26. The monoisotopic (exact) mass is 340 g/mol. The summed E-state index contributed by atoms with van der Waals surface area (Å²) in [5.74, 6) is -1.75. The quantitative estimate of drug-likeness (QED) is 0.873. The fourth-order valence-corrected chi connectivity index (χ4v) is 5.40. The topological polar surface area (TPSA) is 106 Å². The van der Waals surface area contributed by atoms with Crippen molar-refractivity contribution in [1.29, 1.82) is 0 Å². The minimum atomic E-state index is -3.99. The summed E-state index contributed by atoms with van der Waals surface area (Å²) in [6.07, 6.45) is 1.09. The van der Waals surface area contributed by atoms with Crippen molar-refractivity contribution in [3.05, 3.63) is 22.7 Å². The van der Waals surface area contributed by atoms with E-state index >= 15 is 0 Å². The SMILES string of the molecule is CCCS(=O)(=O)c1c(S(C)(=O)=O)ccc(C(=O)O)c1Cl. The van der Waals surface area contributed by atoms with E-state index < -0.39 is 46.0 Å². The number of carboxylic acid groups (broad SMARTS) is 1. The van der Waals surface area contributed by atoms with E-state index in [1.54, 1.807) is 6.92 Å². The van der Waals surface area contributed by atoms with Crippen LogP contribution in [0.25, 0.3) is 0 Å². The first-order valence-electron chi connectivity index (χ1n) is 5.51. The van der Waals surface area contributed by atoms with Gasteiger partial charge in [-0.3, -0.25) is 0 Å². The van der Waals surface area contributed by atoms with Crippen LogP contribution in [0.1, 0.15) is 23.7 Å². The molecule has 112 valence electrons. The molecule has 0 spiro atoms. The molecule has 0 bridgehead atoms. The van der Waals surface area contributed by atoms with Gasteiger partial charge in [-0.1, -0.05) is 18.5 Å². The Labute approximate surface area is 122 Å². The van der Waals surface area contributed by atoms with E-state index in [0.717, 1.165) is 18.4 Å². The highest BCUT2D eigenvalue weighted by Crippen LogP contribution is 2.33. The lowest BCUT2D eigenvalue weighted by Gasteiger charge is -2.12. The van der Waals surface area contributed by atoms with Gasteiger partial charge < -0.3 is 5.11 Å². The summed E-state index contributed by atoms with van der Waals surface area (Å²) in [6, 6.07) is 1.93. The predicted molar refractivity (Wildman–Crippen MR) is 73.9 cm³/mol. The summed E-state index contributed by atoms with van der Waals surface area (Å²) in [7, 11) is -7.84. The maximum absolute atomic E-state index is 12.2. The van der Waals surface area contributed by atoms with E-state index in [-0.39, 0.29) is 12.2 Å². The third-order valence-corrected chi connectivity index (χ3v) is 6.24. The van der Waals surface area contributed by atoms with Gasteiger partial charge in [-0.05, 0) is 18.6 Å².